The lowest BCUT2D eigenvalue weighted by Gasteiger charge is -2.16. The molecule has 0 aliphatic heterocycles. The summed E-state index contributed by atoms with van der Waals surface area (Å²) in [6, 6.07) is 0.514. The summed E-state index contributed by atoms with van der Waals surface area (Å²) in [7, 11) is 0. The standard InChI is InChI=1S/C12H12ClN3O5/c13-11-8(3-7(5-14-11)16(20)21)12(19)15-9(4-10(17)18)6-1-2-6/h3,5-6,9H,1-2,4H2,(H,15,19)(H,17,18). The van der Waals surface area contributed by atoms with E-state index in [1.165, 1.54) is 0 Å². The van der Waals surface area contributed by atoms with E-state index in [0.717, 1.165) is 25.1 Å². The van der Waals surface area contributed by atoms with Gasteiger partial charge in [0.05, 0.1) is 16.9 Å². The molecule has 1 saturated carbocycles. The number of aliphatic carboxylic acids is 1. The van der Waals surface area contributed by atoms with E-state index in [9.17, 15) is 19.7 Å². The minimum absolute atomic E-state index is 0.121. The first-order chi connectivity index (χ1) is 9.88. The number of hydrogen-bond donors (Lipinski definition) is 2. The Kier molecular flexibility index (Phi) is 4.37. The van der Waals surface area contributed by atoms with Crippen LogP contribution in [0.25, 0.3) is 0 Å². The summed E-state index contributed by atoms with van der Waals surface area (Å²) in [5.74, 6) is -1.56. The van der Waals surface area contributed by atoms with E-state index in [4.69, 9.17) is 16.7 Å². The van der Waals surface area contributed by atoms with Gasteiger partial charge in [0.15, 0.2) is 0 Å². The van der Waals surface area contributed by atoms with Crippen LogP contribution >= 0.6 is 11.6 Å². The van der Waals surface area contributed by atoms with Gasteiger partial charge in [0.2, 0.25) is 0 Å². The highest BCUT2D eigenvalue weighted by molar-refractivity contribution is 6.32. The van der Waals surface area contributed by atoms with E-state index >= 15 is 0 Å². The third-order valence-corrected chi connectivity index (χ3v) is 3.48. The van der Waals surface area contributed by atoms with Crippen LogP contribution < -0.4 is 5.32 Å². The van der Waals surface area contributed by atoms with Gasteiger partial charge in [-0.15, -0.1) is 0 Å². The zero-order valence-electron chi connectivity index (χ0n) is 10.8. The molecule has 8 nitrogen and oxygen atoms in total. The molecule has 1 heterocycles. The number of nitrogens with one attached hydrogen (secondary N) is 1. The first-order valence-electron chi connectivity index (χ1n) is 6.21. The molecule has 0 spiro atoms. The fourth-order valence-corrected chi connectivity index (χ4v) is 2.15. The second-order valence-electron chi connectivity index (χ2n) is 4.80. The van der Waals surface area contributed by atoms with Gasteiger partial charge in [0.1, 0.15) is 11.3 Å². The SMILES string of the molecule is O=C(O)CC(NC(=O)c1cc([N+](=O)[O-])cnc1Cl)C1CC1. The zero-order valence-corrected chi connectivity index (χ0v) is 11.5. The second kappa shape index (κ2) is 6.04. The lowest BCUT2D eigenvalue weighted by atomic mass is 10.1. The maximum absolute atomic E-state index is 12.1. The number of hydrogen-bond acceptors (Lipinski definition) is 5. The van der Waals surface area contributed by atoms with E-state index in [1.807, 2.05) is 0 Å². The Bertz CT molecular complexity index is 603. The summed E-state index contributed by atoms with van der Waals surface area (Å²) in [5, 5.41) is 21.9. The number of carboxylic acid groups (broad SMARTS) is 1. The van der Waals surface area contributed by atoms with Crippen molar-refractivity contribution in [2.75, 3.05) is 0 Å². The minimum atomic E-state index is -1.02. The molecule has 1 aliphatic carbocycles. The van der Waals surface area contributed by atoms with Gasteiger partial charge in [-0.25, -0.2) is 4.98 Å². The van der Waals surface area contributed by atoms with Crippen molar-refractivity contribution in [2.24, 2.45) is 5.92 Å². The molecular formula is C12H12ClN3O5. The number of halogens is 1. The van der Waals surface area contributed by atoms with E-state index in [1.54, 1.807) is 0 Å². The van der Waals surface area contributed by atoms with E-state index in [0.29, 0.717) is 0 Å². The van der Waals surface area contributed by atoms with Crippen molar-refractivity contribution >= 4 is 29.2 Å². The van der Waals surface area contributed by atoms with Crippen LogP contribution in [0, 0.1) is 16.0 Å². The van der Waals surface area contributed by atoms with Crippen molar-refractivity contribution in [3.05, 3.63) is 33.1 Å². The topological polar surface area (TPSA) is 122 Å². The first kappa shape index (κ1) is 15.2. The Morgan fingerprint density at radius 3 is 2.76 bits per heavy atom. The molecule has 1 fully saturated rings. The normalized spacial score (nSPS) is 15.3. The average Bonchev–Trinajstić information content (AvgIpc) is 3.21. The number of rotatable bonds is 6. The number of carboxylic acids is 1. The van der Waals surface area contributed by atoms with Gasteiger partial charge in [-0.1, -0.05) is 11.6 Å². The number of pyridine rings is 1. The molecule has 112 valence electrons. The molecule has 9 heteroatoms. The van der Waals surface area contributed by atoms with Crippen LogP contribution in [0.2, 0.25) is 5.15 Å². The summed E-state index contributed by atoms with van der Waals surface area (Å²) in [6.07, 6.45) is 2.45. The number of nitro groups is 1. The third-order valence-electron chi connectivity index (χ3n) is 3.18. The van der Waals surface area contributed by atoms with E-state index in [2.05, 4.69) is 10.3 Å². The van der Waals surface area contributed by atoms with E-state index < -0.39 is 22.8 Å². The van der Waals surface area contributed by atoms with Crippen molar-refractivity contribution in [3.63, 3.8) is 0 Å². The van der Waals surface area contributed by atoms with Crippen LogP contribution in [-0.4, -0.2) is 32.9 Å². The minimum Gasteiger partial charge on any atom is -0.481 e. The predicted octanol–water partition coefficient (Wildman–Crippen LogP) is 1.63. The van der Waals surface area contributed by atoms with E-state index in [-0.39, 0.29) is 28.7 Å². The van der Waals surface area contributed by atoms with Crippen LogP contribution in [0.3, 0.4) is 0 Å². The highest BCUT2D eigenvalue weighted by atomic mass is 35.5. The molecule has 0 bridgehead atoms. The summed E-state index contributed by atoms with van der Waals surface area (Å²) >= 11 is 5.77. The highest BCUT2D eigenvalue weighted by Gasteiger charge is 2.34. The predicted molar refractivity (Wildman–Crippen MR) is 72.1 cm³/mol. The molecule has 1 aromatic heterocycles. The average molecular weight is 314 g/mol. The lowest BCUT2D eigenvalue weighted by molar-refractivity contribution is -0.385. The van der Waals surface area contributed by atoms with Crippen LogP contribution in [0.1, 0.15) is 29.6 Å². The summed E-state index contributed by atoms with van der Waals surface area (Å²) in [4.78, 5) is 36.5. The lowest BCUT2D eigenvalue weighted by Crippen LogP contribution is -2.38. The molecule has 1 amide bonds. The van der Waals surface area contributed by atoms with Crippen molar-refractivity contribution in [1.82, 2.24) is 10.3 Å². The van der Waals surface area contributed by atoms with Gasteiger partial charge in [-0.2, -0.15) is 0 Å². The quantitative estimate of drug-likeness (QED) is 0.467. The Balaban J connectivity index is 2.16. The molecule has 1 aromatic rings. The maximum Gasteiger partial charge on any atom is 0.305 e. The molecule has 1 atom stereocenters. The summed E-state index contributed by atoms with van der Waals surface area (Å²) in [5.41, 5.74) is -0.493. The van der Waals surface area contributed by atoms with Crippen LogP contribution in [0.15, 0.2) is 12.3 Å². The van der Waals surface area contributed by atoms with Crippen molar-refractivity contribution < 1.29 is 19.6 Å². The highest BCUT2D eigenvalue weighted by Crippen LogP contribution is 2.34. The molecule has 1 aliphatic rings. The van der Waals surface area contributed by atoms with Crippen LogP contribution in [0.4, 0.5) is 5.69 Å². The zero-order chi connectivity index (χ0) is 15.6. The van der Waals surface area contributed by atoms with Gasteiger partial charge in [-0.3, -0.25) is 19.7 Å². The number of carbonyl (C=O) groups is 2. The van der Waals surface area contributed by atoms with Crippen molar-refractivity contribution in [3.8, 4) is 0 Å². The van der Waals surface area contributed by atoms with Gasteiger partial charge in [-0.05, 0) is 18.8 Å². The summed E-state index contributed by atoms with van der Waals surface area (Å²) < 4.78 is 0. The monoisotopic (exact) mass is 313 g/mol. The van der Waals surface area contributed by atoms with Crippen LogP contribution in [0.5, 0.6) is 0 Å². The van der Waals surface area contributed by atoms with Gasteiger partial charge in [0, 0.05) is 12.1 Å². The first-order valence-corrected chi connectivity index (χ1v) is 6.59. The maximum atomic E-state index is 12.1. The molecule has 0 radical (unpaired) electrons. The fourth-order valence-electron chi connectivity index (χ4n) is 1.96. The van der Waals surface area contributed by atoms with Gasteiger partial charge < -0.3 is 10.4 Å². The number of nitrogens with zero attached hydrogens (tertiary/aromatic N) is 2. The van der Waals surface area contributed by atoms with Crippen molar-refractivity contribution in [1.29, 1.82) is 0 Å². The number of amides is 1. The molecule has 21 heavy (non-hydrogen) atoms. The second-order valence-corrected chi connectivity index (χ2v) is 5.16. The summed E-state index contributed by atoms with van der Waals surface area (Å²) in [6.45, 7) is 0. The Morgan fingerprint density at radius 2 is 2.24 bits per heavy atom. The Labute approximate surface area is 124 Å². The molecule has 2 N–H and O–H groups in total. The molecule has 0 aromatic carbocycles. The van der Waals surface area contributed by atoms with Crippen molar-refractivity contribution in [2.45, 2.75) is 25.3 Å². The molecule has 0 saturated heterocycles. The van der Waals surface area contributed by atoms with Gasteiger partial charge in [0.25, 0.3) is 11.6 Å². The Morgan fingerprint density at radius 1 is 1.57 bits per heavy atom. The smallest absolute Gasteiger partial charge is 0.305 e. The molecular weight excluding hydrogens is 302 g/mol. The molecule has 2 rings (SSSR count). The number of carbonyl (C=O) groups excluding carboxylic acids is 1. The van der Waals surface area contributed by atoms with Crippen LogP contribution in [-0.2, 0) is 4.79 Å². The fraction of sp³-hybridized carbons (Fsp3) is 0.417. The van der Waals surface area contributed by atoms with Gasteiger partial charge >= 0.3 is 5.97 Å². The Hall–Kier alpha value is -2.22. The third kappa shape index (κ3) is 3.88. The largest absolute Gasteiger partial charge is 0.481 e. The number of aromatic nitrogens is 1. The molecule has 1 unspecified atom stereocenters.